The summed E-state index contributed by atoms with van der Waals surface area (Å²) in [6.45, 7) is 6.46. The van der Waals surface area contributed by atoms with E-state index in [1.165, 1.54) is 37.9 Å². The standard InChI is InChI=1S/C31H39N7O4S/c1-30(2)17-21-5-3-4-15-32-25-8-6-23(18-33-25)43(40,41)36-29(39)24-7-9-26(34-28(24)37(30)19-21)38-16-11-27(35-38)42-20-22-10-12-31(22)13-14-31/h6-9,11,16,18,21-22H,3-5,10,12-15,17,19-20H2,1-2H3,(H,32,33)(H,36,39). The van der Waals surface area contributed by atoms with Crippen LogP contribution in [0.2, 0.25) is 0 Å². The van der Waals surface area contributed by atoms with Gasteiger partial charge in [0.1, 0.15) is 16.5 Å². The molecule has 8 rings (SSSR count). The molecule has 0 aromatic carbocycles. The lowest BCUT2D eigenvalue weighted by Gasteiger charge is -2.36. The van der Waals surface area contributed by atoms with Crippen molar-refractivity contribution in [3.8, 4) is 11.7 Å². The molecule has 3 aromatic heterocycles. The van der Waals surface area contributed by atoms with E-state index in [-0.39, 0.29) is 16.0 Å². The number of carbonyl (C=O) groups excluding carboxylic acids is 1. The summed E-state index contributed by atoms with van der Waals surface area (Å²) in [7, 11) is -4.16. The van der Waals surface area contributed by atoms with Crippen molar-refractivity contribution in [2.45, 2.75) is 75.6 Å². The average molecular weight is 606 g/mol. The van der Waals surface area contributed by atoms with Crippen LogP contribution in [0.4, 0.5) is 11.6 Å². The lowest BCUT2D eigenvalue weighted by Crippen LogP contribution is -2.41. The Morgan fingerprint density at radius 1 is 1.07 bits per heavy atom. The van der Waals surface area contributed by atoms with Crippen LogP contribution in [0.3, 0.4) is 0 Å². The Hall–Kier alpha value is -3.67. The number of sulfonamides is 1. The zero-order chi connectivity index (χ0) is 29.8. The zero-order valence-corrected chi connectivity index (χ0v) is 25.6. The maximum absolute atomic E-state index is 13.6. The summed E-state index contributed by atoms with van der Waals surface area (Å²) in [6.07, 6.45) is 12.3. The highest BCUT2D eigenvalue weighted by atomic mass is 32.2. The van der Waals surface area contributed by atoms with Crippen LogP contribution < -0.4 is 19.7 Å². The van der Waals surface area contributed by atoms with Gasteiger partial charge in [-0.15, -0.1) is 5.10 Å². The van der Waals surface area contributed by atoms with Crippen LogP contribution in [0.1, 0.15) is 75.6 Å². The second-order valence-corrected chi connectivity index (χ2v) is 15.0. The quantitative estimate of drug-likeness (QED) is 0.440. The van der Waals surface area contributed by atoms with Crippen molar-refractivity contribution in [3.63, 3.8) is 0 Å². The van der Waals surface area contributed by atoms with Crippen molar-refractivity contribution in [2.75, 3.05) is 29.9 Å². The Kier molecular flexibility index (Phi) is 6.87. The molecule has 2 N–H and O–H groups in total. The first-order chi connectivity index (χ1) is 20.6. The van der Waals surface area contributed by atoms with Crippen LogP contribution in [-0.4, -0.2) is 59.3 Å². The Morgan fingerprint density at radius 2 is 1.93 bits per heavy atom. The number of amides is 1. The van der Waals surface area contributed by atoms with E-state index in [2.05, 4.69) is 38.9 Å². The lowest BCUT2D eigenvalue weighted by molar-refractivity contribution is 0.0815. The number of fused-ring (bicyclic) bond motifs is 8. The minimum atomic E-state index is -4.16. The summed E-state index contributed by atoms with van der Waals surface area (Å²) >= 11 is 0. The highest BCUT2D eigenvalue weighted by molar-refractivity contribution is 7.90. The molecular weight excluding hydrogens is 566 g/mol. The lowest BCUT2D eigenvalue weighted by atomic mass is 9.71. The van der Waals surface area contributed by atoms with Gasteiger partial charge in [0, 0.05) is 37.1 Å². The number of hydrogen-bond donors (Lipinski definition) is 2. The number of aromatic nitrogens is 4. The van der Waals surface area contributed by atoms with E-state index >= 15 is 0 Å². The van der Waals surface area contributed by atoms with E-state index < -0.39 is 15.9 Å². The minimum Gasteiger partial charge on any atom is -0.476 e. The van der Waals surface area contributed by atoms with Crippen molar-refractivity contribution in [1.29, 1.82) is 0 Å². The van der Waals surface area contributed by atoms with Gasteiger partial charge in [0.2, 0.25) is 5.88 Å². The molecule has 6 heterocycles. The normalized spacial score (nSPS) is 25.3. The number of carbonyl (C=O) groups is 1. The number of pyridine rings is 2. The molecule has 43 heavy (non-hydrogen) atoms. The molecular formula is C31H39N7O4S. The predicted octanol–water partition coefficient (Wildman–Crippen LogP) is 4.55. The fourth-order valence-corrected chi connectivity index (χ4v) is 8.00. The van der Waals surface area contributed by atoms with Crippen LogP contribution in [0.5, 0.6) is 5.88 Å². The first-order valence-corrected chi connectivity index (χ1v) is 16.8. The molecule has 4 bridgehead atoms. The highest BCUT2D eigenvalue weighted by Crippen LogP contribution is 2.64. The van der Waals surface area contributed by atoms with Crippen molar-refractivity contribution in [1.82, 2.24) is 24.5 Å². The van der Waals surface area contributed by atoms with Crippen LogP contribution in [0, 0.1) is 17.3 Å². The summed E-state index contributed by atoms with van der Waals surface area (Å²) < 4.78 is 36.3. The molecule has 2 aliphatic carbocycles. The van der Waals surface area contributed by atoms with E-state index in [0.29, 0.717) is 47.2 Å². The number of ether oxygens (including phenoxy) is 1. The summed E-state index contributed by atoms with van der Waals surface area (Å²) in [4.78, 5) is 24.9. The van der Waals surface area contributed by atoms with Gasteiger partial charge in [-0.3, -0.25) is 4.79 Å². The molecule has 11 nitrogen and oxygen atoms in total. The number of nitrogens with one attached hydrogen (secondary N) is 2. The fraction of sp³-hybridized carbons (Fsp3) is 0.548. The van der Waals surface area contributed by atoms with Crippen LogP contribution in [0.25, 0.3) is 5.82 Å². The molecule has 2 atom stereocenters. The van der Waals surface area contributed by atoms with Crippen molar-refractivity contribution in [3.05, 3.63) is 48.3 Å². The van der Waals surface area contributed by atoms with Gasteiger partial charge in [0.05, 0.1) is 12.2 Å². The van der Waals surface area contributed by atoms with Crippen LogP contribution in [-0.2, 0) is 10.0 Å². The van der Waals surface area contributed by atoms with Gasteiger partial charge in [-0.05, 0) is 100 Å². The zero-order valence-electron chi connectivity index (χ0n) is 24.8. The molecule has 2 saturated carbocycles. The average Bonchev–Trinajstić information content (AvgIpc) is 3.58. The van der Waals surface area contributed by atoms with E-state index in [4.69, 9.17) is 9.72 Å². The predicted molar refractivity (Wildman–Crippen MR) is 162 cm³/mol. The Morgan fingerprint density at radius 3 is 2.67 bits per heavy atom. The topological polar surface area (TPSA) is 131 Å². The molecule has 1 amide bonds. The largest absolute Gasteiger partial charge is 0.476 e. The van der Waals surface area contributed by atoms with Gasteiger partial charge < -0.3 is 15.0 Å². The third kappa shape index (κ3) is 5.45. The maximum atomic E-state index is 13.6. The van der Waals surface area contributed by atoms with Gasteiger partial charge in [-0.1, -0.05) is 6.42 Å². The number of hydrogen-bond acceptors (Lipinski definition) is 9. The molecule has 228 valence electrons. The molecule has 0 radical (unpaired) electrons. The van der Waals surface area contributed by atoms with Crippen LogP contribution >= 0.6 is 0 Å². The van der Waals surface area contributed by atoms with Gasteiger partial charge in [-0.2, -0.15) is 0 Å². The van der Waals surface area contributed by atoms with Crippen molar-refractivity contribution < 1.29 is 17.9 Å². The first-order valence-electron chi connectivity index (χ1n) is 15.4. The van der Waals surface area contributed by atoms with Gasteiger partial charge >= 0.3 is 0 Å². The summed E-state index contributed by atoms with van der Waals surface area (Å²) in [5.74, 6) is 2.42. The van der Waals surface area contributed by atoms with Crippen molar-refractivity contribution >= 4 is 27.6 Å². The second kappa shape index (κ2) is 10.5. The highest BCUT2D eigenvalue weighted by Gasteiger charge is 2.55. The monoisotopic (exact) mass is 605 g/mol. The smallest absolute Gasteiger partial charge is 0.268 e. The fourth-order valence-electron chi connectivity index (χ4n) is 7.09. The number of nitrogens with zero attached hydrogens (tertiary/aromatic N) is 5. The third-order valence-corrected chi connectivity index (χ3v) is 11.2. The molecule has 3 fully saturated rings. The van der Waals surface area contributed by atoms with Gasteiger partial charge in [0.25, 0.3) is 15.9 Å². The molecule has 2 unspecified atom stereocenters. The molecule has 5 aliphatic rings. The number of rotatable bonds is 4. The second-order valence-electron chi connectivity index (χ2n) is 13.3. The first kappa shape index (κ1) is 28.1. The number of anilines is 2. The minimum absolute atomic E-state index is 0.0815. The van der Waals surface area contributed by atoms with E-state index in [1.807, 2.05) is 12.3 Å². The summed E-state index contributed by atoms with van der Waals surface area (Å²) in [5.41, 5.74) is 0.448. The molecule has 1 saturated heterocycles. The molecule has 3 aromatic rings. The SMILES string of the molecule is CC1(C)CC2CCCCNc3ccc(cn3)S(=O)(=O)NC(=O)c3ccc(-n4ccc(OCC5CCC56CC6)n4)nc3N1C2. The Bertz CT molecular complexity index is 1630. The van der Waals surface area contributed by atoms with Crippen molar-refractivity contribution in [2.24, 2.45) is 17.3 Å². The van der Waals surface area contributed by atoms with Gasteiger partial charge in [-0.25, -0.2) is 27.8 Å². The molecule has 12 heteroatoms. The van der Waals surface area contributed by atoms with E-state index in [1.54, 1.807) is 22.9 Å². The third-order valence-electron chi connectivity index (χ3n) is 9.92. The molecule has 1 spiro atoms. The van der Waals surface area contributed by atoms with E-state index in [0.717, 1.165) is 38.8 Å². The Labute approximate surface area is 252 Å². The van der Waals surface area contributed by atoms with E-state index in [9.17, 15) is 13.2 Å². The van der Waals surface area contributed by atoms with Crippen LogP contribution in [0.15, 0.2) is 47.6 Å². The summed E-state index contributed by atoms with van der Waals surface area (Å²) in [6, 6.07) is 8.24. The summed E-state index contributed by atoms with van der Waals surface area (Å²) in [5, 5.41) is 7.89. The van der Waals surface area contributed by atoms with Gasteiger partial charge in [0.15, 0.2) is 5.82 Å². The molecule has 3 aliphatic heterocycles. The Balaban J connectivity index is 1.20. The maximum Gasteiger partial charge on any atom is 0.268 e.